The molecule has 1 atom stereocenters. The number of hydrogen-bond donors (Lipinski definition) is 1. The molecule has 3 nitrogen and oxygen atoms in total. The van der Waals surface area contributed by atoms with Crippen LogP contribution >= 0.6 is 15.9 Å². The van der Waals surface area contributed by atoms with Crippen LogP contribution < -0.4 is 10.1 Å². The number of ether oxygens (including phenoxy) is 1. The van der Waals surface area contributed by atoms with Gasteiger partial charge in [0.15, 0.2) is 5.60 Å². The van der Waals surface area contributed by atoms with Crippen molar-refractivity contribution in [2.75, 3.05) is 5.32 Å². The maximum atomic E-state index is 12.7. The quantitative estimate of drug-likeness (QED) is 0.681. The Kier molecular flexibility index (Phi) is 6.05. The van der Waals surface area contributed by atoms with Crippen molar-refractivity contribution in [2.45, 2.75) is 45.6 Å². The molecule has 4 heteroatoms. The minimum Gasteiger partial charge on any atom is -0.478 e. The number of carbonyl (C=O) groups excluding carboxylic acids is 1. The molecular formula is C20H24BrNO2. The van der Waals surface area contributed by atoms with Crippen molar-refractivity contribution in [3.8, 4) is 5.75 Å². The number of hydrogen-bond acceptors (Lipinski definition) is 2. The van der Waals surface area contributed by atoms with Gasteiger partial charge in [0.2, 0.25) is 0 Å². The molecule has 1 amide bonds. The first kappa shape index (κ1) is 18.5. The van der Waals surface area contributed by atoms with E-state index in [1.54, 1.807) is 13.8 Å². The third kappa shape index (κ3) is 4.60. The van der Waals surface area contributed by atoms with Crippen molar-refractivity contribution in [1.29, 1.82) is 0 Å². The largest absolute Gasteiger partial charge is 0.478 e. The molecule has 128 valence electrons. The van der Waals surface area contributed by atoms with Gasteiger partial charge in [-0.3, -0.25) is 4.79 Å². The van der Waals surface area contributed by atoms with Crippen molar-refractivity contribution in [3.63, 3.8) is 0 Å². The van der Waals surface area contributed by atoms with Crippen LogP contribution in [0.15, 0.2) is 53.0 Å². The Balaban J connectivity index is 2.15. The molecular weight excluding hydrogens is 366 g/mol. The van der Waals surface area contributed by atoms with E-state index in [0.29, 0.717) is 11.7 Å². The topological polar surface area (TPSA) is 38.3 Å². The maximum Gasteiger partial charge on any atom is 0.267 e. The van der Waals surface area contributed by atoms with Crippen LogP contribution in [0, 0.1) is 0 Å². The minimum absolute atomic E-state index is 0.166. The van der Waals surface area contributed by atoms with Crippen molar-refractivity contribution >= 4 is 27.5 Å². The van der Waals surface area contributed by atoms with Gasteiger partial charge in [0.25, 0.3) is 5.91 Å². The SMILES string of the molecule is CC[C@H](C)c1ccccc1NC(=O)C(C)(C)Oc1ccc(Br)cc1. The molecule has 1 N–H and O–H groups in total. The van der Waals surface area contributed by atoms with Gasteiger partial charge in [0.1, 0.15) is 5.75 Å². The average Bonchev–Trinajstić information content (AvgIpc) is 2.56. The molecule has 0 unspecified atom stereocenters. The monoisotopic (exact) mass is 389 g/mol. The van der Waals surface area contributed by atoms with E-state index >= 15 is 0 Å². The van der Waals surface area contributed by atoms with E-state index in [1.807, 2.05) is 42.5 Å². The van der Waals surface area contributed by atoms with E-state index in [1.165, 1.54) is 0 Å². The van der Waals surface area contributed by atoms with Gasteiger partial charge in [0, 0.05) is 10.2 Å². The molecule has 0 aliphatic heterocycles. The lowest BCUT2D eigenvalue weighted by Gasteiger charge is -2.26. The van der Waals surface area contributed by atoms with Crippen LogP contribution in [-0.4, -0.2) is 11.5 Å². The van der Waals surface area contributed by atoms with Crippen LogP contribution in [0.5, 0.6) is 5.75 Å². The van der Waals surface area contributed by atoms with E-state index in [-0.39, 0.29) is 5.91 Å². The normalized spacial score (nSPS) is 12.5. The lowest BCUT2D eigenvalue weighted by atomic mass is 9.96. The molecule has 2 rings (SSSR count). The van der Waals surface area contributed by atoms with Crippen molar-refractivity contribution in [2.24, 2.45) is 0 Å². The van der Waals surface area contributed by atoms with Crippen molar-refractivity contribution in [1.82, 2.24) is 0 Å². The molecule has 0 saturated carbocycles. The predicted octanol–water partition coefficient (Wildman–Crippen LogP) is 5.76. The number of anilines is 1. The standard InChI is InChI=1S/C20H24BrNO2/c1-5-14(2)17-8-6-7-9-18(17)22-19(23)20(3,4)24-16-12-10-15(21)11-13-16/h6-14H,5H2,1-4H3,(H,22,23)/t14-/m0/s1. The summed E-state index contributed by atoms with van der Waals surface area (Å²) in [5, 5.41) is 3.02. The maximum absolute atomic E-state index is 12.7. The second kappa shape index (κ2) is 7.84. The fourth-order valence-corrected chi connectivity index (χ4v) is 2.64. The van der Waals surface area contributed by atoms with Gasteiger partial charge >= 0.3 is 0 Å². The molecule has 0 aliphatic carbocycles. The number of nitrogens with one attached hydrogen (secondary N) is 1. The van der Waals surface area contributed by atoms with Gasteiger partial charge in [0.05, 0.1) is 0 Å². The first-order valence-electron chi connectivity index (χ1n) is 8.18. The van der Waals surface area contributed by atoms with Gasteiger partial charge in [-0.15, -0.1) is 0 Å². The Morgan fingerprint density at radius 1 is 1.17 bits per heavy atom. The van der Waals surface area contributed by atoms with Crippen LogP contribution in [0.4, 0.5) is 5.69 Å². The molecule has 2 aromatic carbocycles. The first-order chi connectivity index (χ1) is 11.3. The summed E-state index contributed by atoms with van der Waals surface area (Å²) >= 11 is 3.39. The van der Waals surface area contributed by atoms with Crippen LogP contribution in [0.25, 0.3) is 0 Å². The number of rotatable bonds is 6. The van der Waals surface area contributed by atoms with E-state index in [2.05, 4.69) is 41.2 Å². The third-order valence-electron chi connectivity index (χ3n) is 4.09. The van der Waals surface area contributed by atoms with Crippen molar-refractivity contribution in [3.05, 3.63) is 58.6 Å². The van der Waals surface area contributed by atoms with E-state index < -0.39 is 5.60 Å². The predicted molar refractivity (Wildman–Crippen MR) is 103 cm³/mol. The van der Waals surface area contributed by atoms with Gasteiger partial charge in [-0.25, -0.2) is 0 Å². The zero-order valence-corrected chi connectivity index (χ0v) is 16.2. The Morgan fingerprint density at radius 3 is 2.42 bits per heavy atom. The zero-order valence-electron chi connectivity index (χ0n) is 14.6. The van der Waals surface area contributed by atoms with Gasteiger partial charge < -0.3 is 10.1 Å². The van der Waals surface area contributed by atoms with Crippen LogP contribution in [0.1, 0.15) is 45.6 Å². The fraction of sp³-hybridized carbons (Fsp3) is 0.350. The van der Waals surface area contributed by atoms with E-state index in [9.17, 15) is 4.79 Å². The molecule has 0 aromatic heterocycles. The molecule has 0 spiro atoms. The lowest BCUT2D eigenvalue weighted by molar-refractivity contribution is -0.128. The highest BCUT2D eigenvalue weighted by Crippen LogP contribution is 2.28. The zero-order chi connectivity index (χ0) is 17.7. The average molecular weight is 390 g/mol. The first-order valence-corrected chi connectivity index (χ1v) is 8.97. The van der Waals surface area contributed by atoms with Gasteiger partial charge in [-0.2, -0.15) is 0 Å². The number of para-hydroxylation sites is 1. The van der Waals surface area contributed by atoms with E-state index in [0.717, 1.165) is 22.1 Å². The van der Waals surface area contributed by atoms with E-state index in [4.69, 9.17) is 4.74 Å². The molecule has 0 bridgehead atoms. The highest BCUT2D eigenvalue weighted by Gasteiger charge is 2.30. The number of benzene rings is 2. The summed E-state index contributed by atoms with van der Waals surface area (Å²) in [5.74, 6) is 0.881. The Hall–Kier alpha value is -1.81. The Bertz CT molecular complexity index is 695. The summed E-state index contributed by atoms with van der Waals surface area (Å²) in [4.78, 5) is 12.7. The van der Waals surface area contributed by atoms with Crippen LogP contribution in [0.2, 0.25) is 0 Å². The fourth-order valence-electron chi connectivity index (χ4n) is 2.38. The molecule has 0 aliphatic rings. The smallest absolute Gasteiger partial charge is 0.267 e. The summed E-state index contributed by atoms with van der Waals surface area (Å²) < 4.78 is 6.86. The second-order valence-corrected chi connectivity index (χ2v) is 7.33. The molecule has 0 fully saturated rings. The van der Waals surface area contributed by atoms with Crippen LogP contribution in [-0.2, 0) is 4.79 Å². The summed E-state index contributed by atoms with van der Waals surface area (Å²) in [6.07, 6.45) is 1.02. The highest BCUT2D eigenvalue weighted by atomic mass is 79.9. The molecule has 24 heavy (non-hydrogen) atoms. The highest BCUT2D eigenvalue weighted by molar-refractivity contribution is 9.10. The van der Waals surface area contributed by atoms with Crippen molar-refractivity contribution < 1.29 is 9.53 Å². The Morgan fingerprint density at radius 2 is 1.79 bits per heavy atom. The molecule has 0 saturated heterocycles. The molecule has 0 heterocycles. The Labute approximate surface area is 152 Å². The van der Waals surface area contributed by atoms with Gasteiger partial charge in [-0.05, 0) is 62.1 Å². The number of carbonyl (C=O) groups is 1. The lowest BCUT2D eigenvalue weighted by Crippen LogP contribution is -2.42. The minimum atomic E-state index is -0.976. The number of amides is 1. The summed E-state index contributed by atoms with van der Waals surface area (Å²) in [6, 6.07) is 15.4. The molecule has 2 aromatic rings. The summed E-state index contributed by atoms with van der Waals surface area (Å²) in [7, 11) is 0. The third-order valence-corrected chi connectivity index (χ3v) is 4.61. The number of halogens is 1. The summed E-state index contributed by atoms with van der Waals surface area (Å²) in [6.45, 7) is 7.85. The molecule has 0 radical (unpaired) electrons. The van der Waals surface area contributed by atoms with Gasteiger partial charge in [-0.1, -0.05) is 48.0 Å². The van der Waals surface area contributed by atoms with Crippen LogP contribution in [0.3, 0.4) is 0 Å². The summed E-state index contributed by atoms with van der Waals surface area (Å²) in [5.41, 5.74) is 1.02. The second-order valence-electron chi connectivity index (χ2n) is 6.42.